The molecule has 8 heteroatoms. The molecule has 2 heterocycles. The van der Waals surface area contributed by atoms with Gasteiger partial charge in [-0.2, -0.15) is 5.10 Å². The average molecular weight is 468 g/mol. The number of esters is 1. The molecular formula is C27H25N5O3. The number of amides is 1. The summed E-state index contributed by atoms with van der Waals surface area (Å²) in [6.07, 6.45) is 7.70. The monoisotopic (exact) mass is 467 g/mol. The van der Waals surface area contributed by atoms with E-state index in [1.807, 2.05) is 48.5 Å². The minimum atomic E-state index is -0.797. The first kappa shape index (κ1) is 22.5. The molecule has 0 radical (unpaired) electrons. The molecule has 2 unspecified atom stereocenters. The van der Waals surface area contributed by atoms with Crippen molar-refractivity contribution in [3.05, 3.63) is 95.5 Å². The molecule has 2 aliphatic rings. The SMILES string of the molecule is Nc1nccnc1C(=O)OCC(=O)N1N=C2/C(=C/c3ccccc3)CCCC2C1c1ccccc1. The number of nitrogen functional groups attached to an aromatic ring is 1. The van der Waals surface area contributed by atoms with Gasteiger partial charge in [0.2, 0.25) is 0 Å². The largest absolute Gasteiger partial charge is 0.451 e. The molecule has 5 rings (SSSR count). The lowest BCUT2D eigenvalue weighted by Crippen LogP contribution is -2.34. The maximum absolute atomic E-state index is 13.3. The van der Waals surface area contributed by atoms with Gasteiger partial charge < -0.3 is 10.5 Å². The molecule has 35 heavy (non-hydrogen) atoms. The number of hydrogen-bond donors (Lipinski definition) is 1. The van der Waals surface area contributed by atoms with Gasteiger partial charge in [0.25, 0.3) is 5.91 Å². The van der Waals surface area contributed by atoms with E-state index in [0.717, 1.165) is 41.7 Å². The van der Waals surface area contributed by atoms with Gasteiger partial charge in [0.1, 0.15) is 0 Å². The zero-order valence-corrected chi connectivity index (χ0v) is 19.1. The zero-order chi connectivity index (χ0) is 24.2. The molecule has 0 saturated heterocycles. The van der Waals surface area contributed by atoms with Crippen LogP contribution in [0, 0.1) is 5.92 Å². The molecular weight excluding hydrogens is 442 g/mol. The van der Waals surface area contributed by atoms with Gasteiger partial charge in [-0.05, 0) is 42.0 Å². The van der Waals surface area contributed by atoms with E-state index in [4.69, 9.17) is 15.6 Å². The predicted molar refractivity (Wildman–Crippen MR) is 132 cm³/mol. The van der Waals surface area contributed by atoms with Crippen molar-refractivity contribution < 1.29 is 14.3 Å². The highest BCUT2D eigenvalue weighted by Gasteiger charge is 2.43. The van der Waals surface area contributed by atoms with Crippen molar-refractivity contribution in [3.8, 4) is 0 Å². The number of carbonyl (C=O) groups excluding carboxylic acids is 2. The van der Waals surface area contributed by atoms with Gasteiger partial charge in [0, 0.05) is 18.3 Å². The van der Waals surface area contributed by atoms with Crippen LogP contribution < -0.4 is 5.73 Å². The van der Waals surface area contributed by atoms with Crippen LogP contribution in [-0.2, 0) is 9.53 Å². The van der Waals surface area contributed by atoms with Gasteiger partial charge in [-0.3, -0.25) is 4.79 Å². The number of hydrazone groups is 1. The molecule has 1 aliphatic carbocycles. The molecule has 2 aromatic carbocycles. The molecule has 1 saturated carbocycles. The number of benzene rings is 2. The molecule has 1 amide bonds. The van der Waals surface area contributed by atoms with Gasteiger partial charge in [-0.15, -0.1) is 0 Å². The van der Waals surface area contributed by atoms with E-state index in [-0.39, 0.29) is 23.5 Å². The number of ether oxygens (including phenoxy) is 1. The first-order valence-electron chi connectivity index (χ1n) is 11.6. The molecule has 1 aliphatic heterocycles. The van der Waals surface area contributed by atoms with Crippen LogP contribution in [0.2, 0.25) is 0 Å². The number of fused-ring (bicyclic) bond motifs is 1. The third-order valence-corrected chi connectivity index (χ3v) is 6.29. The predicted octanol–water partition coefficient (Wildman–Crippen LogP) is 4.04. The standard InChI is InChI=1S/C27H25N5O3/c28-26-24(29-14-15-30-26)27(34)35-17-22(33)32-25(19-10-5-2-6-11-19)21-13-7-12-20(23(21)31-32)16-18-8-3-1-4-9-18/h1-6,8-11,14-16,21,25H,7,12-13,17H2,(H2,28,30)/b20-16+. The van der Waals surface area contributed by atoms with Crippen LogP contribution in [0.5, 0.6) is 0 Å². The molecule has 2 N–H and O–H groups in total. The summed E-state index contributed by atoms with van der Waals surface area (Å²) in [5.74, 6) is -1.18. The number of nitrogens with two attached hydrogens (primary N) is 1. The third-order valence-electron chi connectivity index (χ3n) is 6.29. The van der Waals surface area contributed by atoms with Crippen molar-refractivity contribution in [2.45, 2.75) is 25.3 Å². The van der Waals surface area contributed by atoms with E-state index in [1.54, 1.807) is 0 Å². The molecule has 0 spiro atoms. The van der Waals surface area contributed by atoms with Crippen LogP contribution >= 0.6 is 0 Å². The Hall–Kier alpha value is -4.33. The molecule has 2 atom stereocenters. The van der Waals surface area contributed by atoms with Gasteiger partial charge in [-0.1, -0.05) is 60.7 Å². The number of rotatable bonds is 5. The van der Waals surface area contributed by atoms with E-state index in [0.29, 0.717) is 0 Å². The van der Waals surface area contributed by atoms with Crippen LogP contribution in [0.25, 0.3) is 6.08 Å². The van der Waals surface area contributed by atoms with E-state index in [2.05, 4.69) is 28.2 Å². The van der Waals surface area contributed by atoms with Crippen molar-refractivity contribution in [1.29, 1.82) is 0 Å². The number of nitrogens with zero attached hydrogens (tertiary/aromatic N) is 4. The van der Waals surface area contributed by atoms with Gasteiger partial charge in [0.05, 0.1) is 11.8 Å². The van der Waals surface area contributed by atoms with Crippen molar-refractivity contribution in [3.63, 3.8) is 0 Å². The second-order valence-electron chi connectivity index (χ2n) is 8.52. The van der Waals surface area contributed by atoms with E-state index in [9.17, 15) is 9.59 Å². The van der Waals surface area contributed by atoms with Crippen molar-refractivity contribution in [1.82, 2.24) is 15.0 Å². The van der Waals surface area contributed by atoms with E-state index in [1.165, 1.54) is 17.4 Å². The lowest BCUT2D eigenvalue weighted by atomic mass is 9.77. The molecule has 176 valence electrons. The summed E-state index contributed by atoms with van der Waals surface area (Å²) < 4.78 is 5.25. The maximum Gasteiger partial charge on any atom is 0.361 e. The minimum Gasteiger partial charge on any atom is -0.451 e. The second-order valence-corrected chi connectivity index (χ2v) is 8.52. The molecule has 1 fully saturated rings. The fourth-order valence-corrected chi connectivity index (χ4v) is 4.71. The van der Waals surface area contributed by atoms with Crippen LogP contribution in [-0.4, -0.2) is 39.2 Å². The summed E-state index contributed by atoms with van der Waals surface area (Å²) in [7, 11) is 0. The Morgan fingerprint density at radius 2 is 1.74 bits per heavy atom. The van der Waals surface area contributed by atoms with E-state index >= 15 is 0 Å². The van der Waals surface area contributed by atoms with Crippen molar-refractivity contribution in [2.75, 3.05) is 12.3 Å². The van der Waals surface area contributed by atoms with Crippen molar-refractivity contribution >= 4 is 29.5 Å². The quantitative estimate of drug-likeness (QED) is 0.567. The number of carbonyl (C=O) groups is 2. The molecule has 3 aromatic rings. The molecule has 0 bridgehead atoms. The van der Waals surface area contributed by atoms with Gasteiger partial charge in [-0.25, -0.2) is 19.8 Å². The highest BCUT2D eigenvalue weighted by molar-refractivity contribution is 6.08. The Morgan fingerprint density at radius 3 is 2.49 bits per heavy atom. The van der Waals surface area contributed by atoms with Crippen LogP contribution in [0.3, 0.4) is 0 Å². The van der Waals surface area contributed by atoms with Gasteiger partial charge >= 0.3 is 5.97 Å². The third kappa shape index (κ3) is 4.68. The maximum atomic E-state index is 13.3. The highest BCUT2D eigenvalue weighted by atomic mass is 16.5. The Labute approximate surface area is 203 Å². The number of anilines is 1. The smallest absolute Gasteiger partial charge is 0.361 e. The number of hydrogen-bond acceptors (Lipinski definition) is 7. The fourth-order valence-electron chi connectivity index (χ4n) is 4.71. The Bertz CT molecular complexity index is 1290. The lowest BCUT2D eigenvalue weighted by Gasteiger charge is -2.29. The Balaban J connectivity index is 1.43. The first-order chi connectivity index (χ1) is 17.1. The van der Waals surface area contributed by atoms with Crippen LogP contribution in [0.15, 0.2) is 83.7 Å². The van der Waals surface area contributed by atoms with Crippen LogP contribution in [0.4, 0.5) is 5.82 Å². The number of allylic oxidation sites excluding steroid dienone is 1. The summed E-state index contributed by atoms with van der Waals surface area (Å²) >= 11 is 0. The van der Waals surface area contributed by atoms with E-state index < -0.39 is 18.5 Å². The Kier molecular flexibility index (Phi) is 6.34. The lowest BCUT2D eigenvalue weighted by molar-refractivity contribution is -0.137. The highest BCUT2D eigenvalue weighted by Crippen LogP contribution is 2.44. The van der Waals surface area contributed by atoms with Crippen molar-refractivity contribution in [2.24, 2.45) is 11.0 Å². The summed E-state index contributed by atoms with van der Waals surface area (Å²) in [6, 6.07) is 19.7. The minimum absolute atomic E-state index is 0.0461. The number of aromatic nitrogens is 2. The normalized spacial score (nSPS) is 20.3. The fraction of sp³-hybridized carbons (Fsp3) is 0.222. The molecule has 1 aromatic heterocycles. The summed E-state index contributed by atoms with van der Waals surface area (Å²) in [5.41, 5.74) is 9.74. The van der Waals surface area contributed by atoms with Crippen LogP contribution in [0.1, 0.15) is 46.9 Å². The molecule has 8 nitrogen and oxygen atoms in total. The summed E-state index contributed by atoms with van der Waals surface area (Å²) in [6.45, 7) is -0.473. The first-order valence-corrected chi connectivity index (χ1v) is 11.6. The second kappa shape index (κ2) is 9.89. The summed E-state index contributed by atoms with van der Waals surface area (Å²) in [5, 5.41) is 6.28. The topological polar surface area (TPSA) is 111 Å². The summed E-state index contributed by atoms with van der Waals surface area (Å²) in [4.78, 5) is 33.5. The Morgan fingerprint density at radius 1 is 1.03 bits per heavy atom. The van der Waals surface area contributed by atoms with Gasteiger partial charge in [0.15, 0.2) is 18.1 Å². The zero-order valence-electron chi connectivity index (χ0n) is 19.1. The average Bonchev–Trinajstić information content (AvgIpc) is 3.29.